The first kappa shape index (κ1) is 22.7. The van der Waals surface area contributed by atoms with E-state index in [1.807, 2.05) is 37.3 Å². The van der Waals surface area contributed by atoms with E-state index in [-0.39, 0.29) is 17.9 Å². The highest BCUT2D eigenvalue weighted by atomic mass is 35.5. The van der Waals surface area contributed by atoms with Gasteiger partial charge < -0.3 is 14.7 Å². The number of hydrogen-bond acceptors (Lipinski definition) is 4. The Kier molecular flexibility index (Phi) is 7.87. The third kappa shape index (κ3) is 5.81. The number of methoxy groups -OCH3 is 1. The van der Waals surface area contributed by atoms with Gasteiger partial charge in [0.25, 0.3) is 5.91 Å². The molecule has 1 N–H and O–H groups in total. The third-order valence-electron chi connectivity index (χ3n) is 6.13. The fraction of sp³-hybridized carbons (Fsp3) is 0.500. The van der Waals surface area contributed by atoms with Crippen molar-refractivity contribution < 1.29 is 14.6 Å². The first-order valence-electron chi connectivity index (χ1n) is 10.5. The van der Waals surface area contributed by atoms with Gasteiger partial charge in [-0.15, -0.1) is 0 Å². The Morgan fingerprint density at radius 3 is 2.63 bits per heavy atom. The van der Waals surface area contributed by atoms with Crippen molar-refractivity contribution in [3.05, 3.63) is 64.4 Å². The maximum Gasteiger partial charge on any atom is 0.253 e. The number of ether oxygens (including phenoxy) is 1. The molecule has 0 radical (unpaired) electrons. The van der Waals surface area contributed by atoms with Crippen molar-refractivity contribution in [2.45, 2.75) is 44.8 Å². The van der Waals surface area contributed by atoms with Gasteiger partial charge in [0.15, 0.2) is 0 Å². The van der Waals surface area contributed by atoms with Crippen molar-refractivity contribution in [3.8, 4) is 0 Å². The quantitative estimate of drug-likeness (QED) is 0.625. The lowest BCUT2D eigenvalue weighted by Gasteiger charge is -2.21. The van der Waals surface area contributed by atoms with Crippen LogP contribution in [-0.2, 0) is 11.2 Å². The van der Waals surface area contributed by atoms with E-state index >= 15 is 0 Å². The van der Waals surface area contributed by atoms with E-state index < -0.39 is 6.10 Å². The number of carbonyl (C=O) groups is 1. The first-order valence-corrected chi connectivity index (χ1v) is 10.9. The summed E-state index contributed by atoms with van der Waals surface area (Å²) in [6, 6.07) is 11.5. The van der Waals surface area contributed by atoms with E-state index in [0.29, 0.717) is 23.2 Å². The van der Waals surface area contributed by atoms with Crippen LogP contribution in [0, 0.1) is 11.8 Å². The van der Waals surface area contributed by atoms with Crippen molar-refractivity contribution >= 4 is 17.5 Å². The molecular formula is C24H31ClN2O3. The summed E-state index contributed by atoms with van der Waals surface area (Å²) >= 11 is 5.84. The number of halogens is 1. The summed E-state index contributed by atoms with van der Waals surface area (Å²) in [5.74, 6) is 0.790. The van der Waals surface area contributed by atoms with Gasteiger partial charge in [-0.1, -0.05) is 29.8 Å². The fourth-order valence-corrected chi connectivity index (χ4v) is 4.41. The molecule has 0 spiro atoms. The van der Waals surface area contributed by atoms with E-state index in [2.05, 4.69) is 4.98 Å². The van der Waals surface area contributed by atoms with Crippen LogP contribution in [-0.4, -0.2) is 47.7 Å². The van der Waals surface area contributed by atoms with Crippen LogP contribution >= 0.6 is 11.6 Å². The van der Waals surface area contributed by atoms with Crippen molar-refractivity contribution in [1.82, 2.24) is 9.88 Å². The number of likely N-dealkylation sites (N-methyl/N-ethyl adjacent to an activating group) is 1. The second-order valence-corrected chi connectivity index (χ2v) is 8.82. The van der Waals surface area contributed by atoms with Gasteiger partial charge in [-0.2, -0.15) is 0 Å². The van der Waals surface area contributed by atoms with Crippen molar-refractivity contribution in [3.63, 3.8) is 0 Å². The van der Waals surface area contributed by atoms with Gasteiger partial charge in [-0.3, -0.25) is 4.79 Å². The smallest absolute Gasteiger partial charge is 0.253 e. The summed E-state index contributed by atoms with van der Waals surface area (Å²) in [6.45, 7) is 2.51. The van der Waals surface area contributed by atoms with Crippen LogP contribution in [0.1, 0.15) is 53.8 Å². The lowest BCUT2D eigenvalue weighted by molar-refractivity contribution is 0.0600. The van der Waals surface area contributed by atoms with Crippen molar-refractivity contribution in [2.75, 3.05) is 20.7 Å². The van der Waals surface area contributed by atoms with Gasteiger partial charge in [0.1, 0.15) is 5.15 Å². The zero-order chi connectivity index (χ0) is 21.7. The zero-order valence-corrected chi connectivity index (χ0v) is 18.7. The number of nitrogens with zero attached hydrogens (tertiary/aromatic N) is 2. The number of aliphatic hydroxyl groups is 1. The Balaban J connectivity index is 1.53. The molecule has 1 heterocycles. The second kappa shape index (κ2) is 10.4. The Morgan fingerprint density at radius 1 is 1.27 bits per heavy atom. The van der Waals surface area contributed by atoms with Crippen LogP contribution in [0.25, 0.3) is 0 Å². The molecular weight excluding hydrogens is 400 g/mol. The largest absolute Gasteiger partial charge is 0.388 e. The molecule has 1 saturated carbocycles. The van der Waals surface area contributed by atoms with Crippen LogP contribution in [0.2, 0.25) is 5.15 Å². The highest BCUT2D eigenvalue weighted by molar-refractivity contribution is 6.29. The molecule has 1 unspecified atom stereocenters. The summed E-state index contributed by atoms with van der Waals surface area (Å²) in [6.07, 6.45) is 5.24. The summed E-state index contributed by atoms with van der Waals surface area (Å²) < 4.78 is 5.24. The lowest BCUT2D eigenvalue weighted by atomic mass is 9.92. The summed E-state index contributed by atoms with van der Waals surface area (Å²) in [4.78, 5) is 18.3. The van der Waals surface area contributed by atoms with Crippen LogP contribution in [0.4, 0.5) is 0 Å². The van der Waals surface area contributed by atoms with Crippen LogP contribution in [0.3, 0.4) is 0 Å². The minimum absolute atomic E-state index is 0.00563. The average molecular weight is 431 g/mol. The number of amides is 1. The van der Waals surface area contributed by atoms with Gasteiger partial charge in [-0.25, -0.2) is 4.98 Å². The van der Waals surface area contributed by atoms with Gasteiger partial charge in [0, 0.05) is 32.5 Å². The minimum atomic E-state index is -0.496. The van der Waals surface area contributed by atoms with Crippen LogP contribution < -0.4 is 0 Å². The molecule has 0 saturated heterocycles. The van der Waals surface area contributed by atoms with Gasteiger partial charge in [0.2, 0.25) is 0 Å². The molecule has 4 atom stereocenters. The van der Waals surface area contributed by atoms with Crippen molar-refractivity contribution in [2.24, 2.45) is 11.8 Å². The molecule has 0 aliphatic heterocycles. The molecule has 1 aromatic heterocycles. The molecule has 2 aromatic rings. The van der Waals surface area contributed by atoms with E-state index in [1.165, 1.54) is 5.56 Å². The maximum atomic E-state index is 12.6. The number of carbonyl (C=O) groups excluding carboxylic acids is 1. The van der Waals surface area contributed by atoms with E-state index in [0.717, 1.165) is 31.2 Å². The SMILES string of the molecule is COC(C)CN(C)C(=O)c1ccc(C[C@@H]2CC[C@H]([C@H](O)c3ccc(Cl)nc3)C2)cc1. The predicted octanol–water partition coefficient (Wildman–Crippen LogP) is 4.53. The molecule has 0 bridgehead atoms. The second-order valence-electron chi connectivity index (χ2n) is 8.43. The highest BCUT2D eigenvalue weighted by Gasteiger charge is 2.31. The van der Waals surface area contributed by atoms with Crippen LogP contribution in [0.5, 0.6) is 0 Å². The minimum Gasteiger partial charge on any atom is -0.388 e. The van der Waals surface area contributed by atoms with E-state index in [1.54, 1.807) is 31.3 Å². The van der Waals surface area contributed by atoms with Crippen LogP contribution in [0.15, 0.2) is 42.6 Å². The molecule has 1 aliphatic rings. The fourth-order valence-electron chi connectivity index (χ4n) is 4.30. The average Bonchev–Trinajstić information content (AvgIpc) is 3.22. The molecule has 162 valence electrons. The Hall–Kier alpha value is -1.95. The highest BCUT2D eigenvalue weighted by Crippen LogP contribution is 2.40. The maximum absolute atomic E-state index is 12.6. The number of rotatable bonds is 8. The normalized spacial score (nSPS) is 20.7. The molecule has 1 amide bonds. The predicted molar refractivity (Wildman–Crippen MR) is 119 cm³/mol. The van der Waals surface area contributed by atoms with Gasteiger partial charge in [-0.05, 0) is 73.8 Å². The lowest BCUT2D eigenvalue weighted by Crippen LogP contribution is -2.33. The number of hydrogen-bond donors (Lipinski definition) is 1. The van der Waals surface area contributed by atoms with Gasteiger partial charge in [0.05, 0.1) is 12.2 Å². The standard InChI is InChI=1S/C24H31ClN2O3/c1-16(30-3)15-27(2)24(29)19-7-4-17(5-8-19)12-18-6-9-20(13-18)23(28)21-10-11-22(25)26-14-21/h4-5,7-8,10-11,14,16,18,20,23,28H,6,9,12-13,15H2,1-3H3/t16?,18-,20-,23-/m0/s1. The molecule has 1 fully saturated rings. The number of benzene rings is 1. The molecule has 1 aromatic carbocycles. The third-order valence-corrected chi connectivity index (χ3v) is 6.35. The monoisotopic (exact) mass is 430 g/mol. The molecule has 30 heavy (non-hydrogen) atoms. The summed E-state index contributed by atoms with van der Waals surface area (Å²) in [7, 11) is 3.45. The summed E-state index contributed by atoms with van der Waals surface area (Å²) in [5, 5.41) is 11.1. The Bertz CT molecular complexity index is 825. The molecule has 6 heteroatoms. The number of aromatic nitrogens is 1. The number of aliphatic hydroxyl groups excluding tert-OH is 1. The summed E-state index contributed by atoms with van der Waals surface area (Å²) in [5.41, 5.74) is 2.76. The Morgan fingerprint density at radius 2 is 2.00 bits per heavy atom. The molecule has 5 nitrogen and oxygen atoms in total. The zero-order valence-electron chi connectivity index (χ0n) is 17.9. The van der Waals surface area contributed by atoms with E-state index in [4.69, 9.17) is 16.3 Å². The molecule has 3 rings (SSSR count). The van der Waals surface area contributed by atoms with Gasteiger partial charge >= 0.3 is 0 Å². The van der Waals surface area contributed by atoms with E-state index in [9.17, 15) is 9.90 Å². The molecule has 1 aliphatic carbocycles. The van der Waals surface area contributed by atoms with Crippen molar-refractivity contribution in [1.29, 1.82) is 0 Å². The Labute approximate surface area is 184 Å². The first-order chi connectivity index (χ1) is 14.4. The number of pyridine rings is 1. The topological polar surface area (TPSA) is 62.7 Å².